The zero-order chi connectivity index (χ0) is 29.1. The molecule has 0 fully saturated rings. The van der Waals surface area contributed by atoms with Crippen molar-refractivity contribution in [3.05, 3.63) is 79.5 Å². The Kier molecular flexibility index (Phi) is 8.97. The Bertz CT molecular complexity index is 1470. The average Bonchev–Trinajstić information content (AvgIpc) is 3.41. The van der Waals surface area contributed by atoms with Crippen LogP contribution in [0.4, 0.5) is 4.79 Å². The number of nitrogens with zero attached hydrogens (tertiary/aromatic N) is 4. The number of rotatable bonds is 7. The summed E-state index contributed by atoms with van der Waals surface area (Å²) in [6.07, 6.45) is 1.80. The Labute approximate surface area is 244 Å². The average molecular weight is 608 g/mol. The number of carbonyl (C=O) groups excluding carboxylic acids is 3. The molecule has 0 spiro atoms. The van der Waals surface area contributed by atoms with Crippen molar-refractivity contribution < 1.29 is 24.3 Å². The molecule has 3 amide bonds. The van der Waals surface area contributed by atoms with Gasteiger partial charge in [-0.25, -0.2) is 9.59 Å². The molecule has 4 rings (SSSR count). The van der Waals surface area contributed by atoms with Gasteiger partial charge >= 0.3 is 12.0 Å². The largest absolute Gasteiger partial charge is 0.480 e. The first-order chi connectivity index (χ1) is 19.0. The predicted molar refractivity (Wildman–Crippen MR) is 148 cm³/mol. The van der Waals surface area contributed by atoms with Crippen LogP contribution in [0.15, 0.2) is 36.5 Å². The molecule has 11 nitrogen and oxygen atoms in total. The fourth-order valence-corrected chi connectivity index (χ4v) is 5.04. The highest BCUT2D eigenvalue weighted by molar-refractivity contribution is 6.40. The number of hydrogen-bond acceptors (Lipinski definition) is 6. The molecule has 1 unspecified atom stereocenters. The van der Waals surface area contributed by atoms with Gasteiger partial charge in [0.25, 0.3) is 11.8 Å². The number of nitrogens with one attached hydrogen (secondary N) is 2. The minimum absolute atomic E-state index is 0.000883. The lowest BCUT2D eigenvalue weighted by Crippen LogP contribution is -2.49. The number of carboxylic acid groups (broad SMARTS) is 1. The van der Waals surface area contributed by atoms with Crippen molar-refractivity contribution in [3.63, 3.8) is 0 Å². The van der Waals surface area contributed by atoms with E-state index in [0.717, 1.165) is 4.68 Å². The highest BCUT2D eigenvalue weighted by Crippen LogP contribution is 2.35. The molecular formula is C26H25Cl3N6O5. The number of amides is 3. The summed E-state index contributed by atoms with van der Waals surface area (Å²) >= 11 is 18.9. The van der Waals surface area contributed by atoms with Crippen molar-refractivity contribution in [1.29, 1.82) is 0 Å². The van der Waals surface area contributed by atoms with E-state index in [1.54, 1.807) is 35.2 Å². The van der Waals surface area contributed by atoms with Crippen molar-refractivity contribution in [3.8, 4) is 0 Å². The molecule has 1 aliphatic heterocycles. The summed E-state index contributed by atoms with van der Waals surface area (Å²) < 4.78 is 0.953. The van der Waals surface area contributed by atoms with Crippen molar-refractivity contribution in [2.24, 2.45) is 0 Å². The normalized spacial score (nSPS) is 13.5. The van der Waals surface area contributed by atoms with Crippen LogP contribution in [0.1, 0.15) is 57.3 Å². The topological polar surface area (TPSA) is 147 Å². The summed E-state index contributed by atoms with van der Waals surface area (Å²) in [5.41, 5.74) is 2.30. The van der Waals surface area contributed by atoms with E-state index in [1.807, 2.05) is 13.8 Å². The number of halogens is 3. The van der Waals surface area contributed by atoms with Crippen LogP contribution in [-0.4, -0.2) is 67.9 Å². The van der Waals surface area contributed by atoms with Gasteiger partial charge in [0, 0.05) is 23.7 Å². The molecule has 0 radical (unpaired) electrons. The summed E-state index contributed by atoms with van der Waals surface area (Å²) in [7, 11) is 0. The molecule has 2 aromatic carbocycles. The maximum atomic E-state index is 13.1. The molecule has 0 saturated heterocycles. The Hall–Kier alpha value is -3.67. The van der Waals surface area contributed by atoms with Crippen LogP contribution in [0.2, 0.25) is 15.1 Å². The fourth-order valence-electron chi connectivity index (χ4n) is 4.15. The zero-order valence-corrected chi connectivity index (χ0v) is 23.7. The lowest BCUT2D eigenvalue weighted by molar-refractivity contribution is -0.139. The van der Waals surface area contributed by atoms with E-state index < -0.39 is 30.5 Å². The maximum absolute atomic E-state index is 13.1. The highest BCUT2D eigenvalue weighted by Gasteiger charge is 2.30. The lowest BCUT2D eigenvalue weighted by atomic mass is 9.96. The van der Waals surface area contributed by atoms with Gasteiger partial charge in [-0.3, -0.25) is 9.59 Å². The van der Waals surface area contributed by atoms with E-state index in [9.17, 15) is 24.3 Å². The second-order valence-corrected chi connectivity index (χ2v) is 10.7. The molecule has 1 aliphatic rings. The number of hydrogen-bond donors (Lipinski definition) is 3. The van der Waals surface area contributed by atoms with Gasteiger partial charge in [-0.05, 0) is 53.8 Å². The maximum Gasteiger partial charge on any atom is 0.343 e. The van der Waals surface area contributed by atoms with Gasteiger partial charge < -0.3 is 20.6 Å². The van der Waals surface area contributed by atoms with Crippen LogP contribution in [0.25, 0.3) is 0 Å². The Morgan fingerprint density at radius 1 is 1.10 bits per heavy atom. The minimum atomic E-state index is -1.49. The number of aromatic nitrogens is 3. The minimum Gasteiger partial charge on any atom is -0.480 e. The lowest BCUT2D eigenvalue weighted by Gasteiger charge is -2.30. The molecule has 1 aromatic heterocycles. The third-order valence-electron chi connectivity index (χ3n) is 6.38. The van der Waals surface area contributed by atoms with Gasteiger partial charge in [-0.2, -0.15) is 4.68 Å². The fraction of sp³-hybridized carbons (Fsp3) is 0.308. The zero-order valence-electron chi connectivity index (χ0n) is 21.5. The molecule has 2 heterocycles. The predicted octanol–water partition coefficient (Wildman–Crippen LogP) is 4.00. The number of fused-ring (bicyclic) bond motifs is 1. The summed E-state index contributed by atoms with van der Waals surface area (Å²) in [6, 6.07) is 5.92. The first kappa shape index (κ1) is 29.3. The summed E-state index contributed by atoms with van der Waals surface area (Å²) in [5, 5.41) is 22.6. The molecule has 3 aromatic rings. The van der Waals surface area contributed by atoms with E-state index in [-0.39, 0.29) is 34.0 Å². The van der Waals surface area contributed by atoms with E-state index in [4.69, 9.17) is 34.8 Å². The number of benzene rings is 2. The van der Waals surface area contributed by atoms with Gasteiger partial charge in [0.05, 0.1) is 34.0 Å². The summed E-state index contributed by atoms with van der Waals surface area (Å²) in [5.74, 6) is -2.33. The number of aliphatic carboxylic acids is 1. The first-order valence-electron chi connectivity index (χ1n) is 12.2. The molecule has 1 atom stereocenters. The first-order valence-corrected chi connectivity index (χ1v) is 13.4. The van der Waals surface area contributed by atoms with Crippen molar-refractivity contribution in [2.75, 3.05) is 13.1 Å². The van der Waals surface area contributed by atoms with Crippen LogP contribution in [0.3, 0.4) is 0 Å². The second kappa shape index (κ2) is 12.2. The third-order valence-corrected chi connectivity index (χ3v) is 7.35. The molecule has 0 bridgehead atoms. The van der Waals surface area contributed by atoms with Gasteiger partial charge in [-0.15, -0.1) is 5.10 Å². The van der Waals surface area contributed by atoms with Crippen LogP contribution in [0, 0.1) is 0 Å². The monoisotopic (exact) mass is 606 g/mol. The molecule has 3 N–H and O–H groups in total. The van der Waals surface area contributed by atoms with E-state index in [1.165, 1.54) is 6.20 Å². The van der Waals surface area contributed by atoms with Crippen LogP contribution in [-0.2, 0) is 17.8 Å². The number of carbonyl (C=O) groups is 4. The van der Waals surface area contributed by atoms with E-state index in [0.29, 0.717) is 40.4 Å². The number of carboxylic acids is 1. The van der Waals surface area contributed by atoms with Gasteiger partial charge in [0.2, 0.25) is 0 Å². The van der Waals surface area contributed by atoms with Crippen LogP contribution in [0.5, 0.6) is 0 Å². The Morgan fingerprint density at radius 3 is 2.42 bits per heavy atom. The highest BCUT2D eigenvalue weighted by atomic mass is 35.5. The Morgan fingerprint density at radius 2 is 1.80 bits per heavy atom. The standard InChI is InChI=1S/C26H25Cl3N6O5/c1-13(2)20-12-35(33-32-20)26(40)30-10-19(25(38)39)31-23(36)21-18(28)9-15-11-34(8-7-17(15)22(21)29)24(37)14-3-5-16(27)6-4-14/h3-6,9,12-13,19H,7-8,10-11H2,1-2H3,(H,30,40)(H,31,36)(H,38,39). The third kappa shape index (κ3) is 6.38. The van der Waals surface area contributed by atoms with E-state index in [2.05, 4.69) is 20.9 Å². The van der Waals surface area contributed by atoms with Crippen molar-refractivity contribution in [2.45, 2.75) is 38.8 Å². The van der Waals surface area contributed by atoms with Gasteiger partial charge in [0.15, 0.2) is 0 Å². The van der Waals surface area contributed by atoms with Crippen molar-refractivity contribution in [1.82, 2.24) is 30.5 Å². The second-order valence-electron chi connectivity index (χ2n) is 9.46. The SMILES string of the molecule is CC(C)c1cn(C(=O)NCC(NC(=O)c2c(Cl)cc3c(c2Cl)CCN(C(=O)c2ccc(Cl)cc2)C3)C(=O)O)nn1. The molecule has 0 aliphatic carbocycles. The van der Waals surface area contributed by atoms with Gasteiger partial charge in [0.1, 0.15) is 6.04 Å². The van der Waals surface area contributed by atoms with Crippen LogP contribution < -0.4 is 10.6 Å². The van der Waals surface area contributed by atoms with E-state index >= 15 is 0 Å². The Balaban J connectivity index is 1.45. The van der Waals surface area contributed by atoms with Crippen molar-refractivity contribution >= 4 is 58.6 Å². The quantitative estimate of drug-likeness (QED) is 0.368. The summed E-state index contributed by atoms with van der Waals surface area (Å²) in [6.45, 7) is 3.91. The molecule has 0 saturated carbocycles. The van der Waals surface area contributed by atoms with Crippen LogP contribution >= 0.6 is 34.8 Å². The van der Waals surface area contributed by atoms with Gasteiger partial charge in [-0.1, -0.05) is 53.9 Å². The smallest absolute Gasteiger partial charge is 0.343 e. The molecule has 14 heteroatoms. The summed E-state index contributed by atoms with van der Waals surface area (Å²) in [4.78, 5) is 51.9. The molecule has 210 valence electrons. The molecular weight excluding hydrogens is 583 g/mol. The molecule has 40 heavy (non-hydrogen) atoms.